The highest BCUT2D eigenvalue weighted by atomic mass is 14.8. The predicted octanol–water partition coefficient (Wildman–Crippen LogP) is 3.05. The van der Waals surface area contributed by atoms with Gasteiger partial charge >= 0.3 is 0 Å². The van der Waals surface area contributed by atoms with E-state index in [0.717, 1.165) is 17.6 Å². The third-order valence-corrected chi connectivity index (χ3v) is 1.26. The number of aliphatic imine (C=N–C) groups is 1. The Morgan fingerprint density at radius 3 is 2.00 bits per heavy atom. The van der Waals surface area contributed by atoms with Crippen LogP contribution in [0.5, 0.6) is 0 Å². The van der Waals surface area contributed by atoms with Crippen LogP contribution in [0.1, 0.15) is 34.6 Å². The summed E-state index contributed by atoms with van der Waals surface area (Å²) >= 11 is 0. The second-order valence-electron chi connectivity index (χ2n) is 1.82. The molecular weight excluding hydrogens is 136 g/mol. The fourth-order valence-electron chi connectivity index (χ4n) is 0.408. The van der Waals surface area contributed by atoms with E-state index in [9.17, 15) is 0 Å². The lowest BCUT2D eigenvalue weighted by molar-refractivity contribution is 1.45. The summed E-state index contributed by atoms with van der Waals surface area (Å²) < 4.78 is 0. The van der Waals surface area contributed by atoms with Crippen LogP contribution in [0.2, 0.25) is 0 Å². The molecule has 0 rings (SSSR count). The summed E-state index contributed by atoms with van der Waals surface area (Å²) in [4.78, 5) is 3.79. The van der Waals surface area contributed by atoms with Crippen molar-refractivity contribution in [2.75, 3.05) is 0 Å². The maximum absolute atomic E-state index is 6.66. The van der Waals surface area contributed by atoms with E-state index >= 15 is 0 Å². The second kappa shape index (κ2) is 9.08. The van der Waals surface area contributed by atoms with Crippen LogP contribution in [0.25, 0.3) is 0 Å². The minimum atomic E-state index is 0.910. The molecule has 0 aromatic heterocycles. The van der Waals surface area contributed by atoms with E-state index in [1.807, 2.05) is 40.7 Å². The molecule has 0 unspecified atom stereocenters. The molecule has 0 fully saturated rings. The minimum Gasteiger partial charge on any atom is -0.290 e. The normalized spacial score (nSPS) is 11.7. The van der Waals surface area contributed by atoms with E-state index in [4.69, 9.17) is 5.41 Å². The Morgan fingerprint density at radius 2 is 1.73 bits per heavy atom. The van der Waals surface area contributed by atoms with Gasteiger partial charge in [-0.3, -0.25) is 5.41 Å². The Morgan fingerprint density at radius 1 is 1.27 bits per heavy atom. The summed E-state index contributed by atoms with van der Waals surface area (Å²) in [6.45, 7) is 9.82. The topological polar surface area (TPSA) is 36.2 Å². The van der Waals surface area contributed by atoms with Gasteiger partial charge in [-0.05, 0) is 26.3 Å². The standard InChI is InChI=1S/C7H12N2.C2H6/c1-4-6(2)7(3)9-5-8;1-2/h4-5,8H,1-3H3;1-2H3/b6-4-,8-5?,9-7?;. The van der Waals surface area contributed by atoms with Crippen molar-refractivity contribution in [2.24, 2.45) is 4.99 Å². The van der Waals surface area contributed by atoms with E-state index in [-0.39, 0.29) is 0 Å². The van der Waals surface area contributed by atoms with Crippen molar-refractivity contribution in [3.63, 3.8) is 0 Å². The van der Waals surface area contributed by atoms with E-state index in [0.29, 0.717) is 0 Å². The molecule has 0 bridgehead atoms. The van der Waals surface area contributed by atoms with Gasteiger partial charge in [-0.1, -0.05) is 19.9 Å². The second-order valence-corrected chi connectivity index (χ2v) is 1.82. The first kappa shape index (κ1) is 12.7. The van der Waals surface area contributed by atoms with Crippen molar-refractivity contribution in [2.45, 2.75) is 34.6 Å². The lowest BCUT2D eigenvalue weighted by Gasteiger charge is -1.93. The number of nitrogens with zero attached hydrogens (tertiary/aromatic N) is 1. The first-order valence-corrected chi connectivity index (χ1v) is 3.89. The molecular formula is C9H18N2. The number of nitrogens with one attached hydrogen (secondary N) is 1. The highest BCUT2D eigenvalue weighted by Crippen LogP contribution is 1.93. The Kier molecular flexibility index (Phi) is 10.5. The van der Waals surface area contributed by atoms with Gasteiger partial charge in [0.1, 0.15) is 6.34 Å². The van der Waals surface area contributed by atoms with E-state index in [1.165, 1.54) is 0 Å². The molecule has 0 aliphatic rings. The maximum atomic E-state index is 6.66. The fraction of sp³-hybridized carbons (Fsp3) is 0.556. The van der Waals surface area contributed by atoms with Crippen molar-refractivity contribution in [1.82, 2.24) is 0 Å². The number of rotatable bonds is 2. The van der Waals surface area contributed by atoms with Crippen molar-refractivity contribution in [3.8, 4) is 0 Å². The van der Waals surface area contributed by atoms with Gasteiger partial charge in [-0.25, -0.2) is 4.99 Å². The Hall–Kier alpha value is -0.920. The number of hydrogen-bond acceptors (Lipinski definition) is 1. The lowest BCUT2D eigenvalue weighted by atomic mass is 10.2. The predicted molar refractivity (Wildman–Crippen MR) is 52.7 cm³/mol. The van der Waals surface area contributed by atoms with Crippen molar-refractivity contribution < 1.29 is 0 Å². The zero-order chi connectivity index (χ0) is 9.28. The van der Waals surface area contributed by atoms with Crippen LogP contribution >= 0.6 is 0 Å². The summed E-state index contributed by atoms with van der Waals surface area (Å²) in [5, 5.41) is 6.66. The highest BCUT2D eigenvalue weighted by molar-refractivity contribution is 6.01. The lowest BCUT2D eigenvalue weighted by Crippen LogP contribution is -1.91. The summed E-state index contributed by atoms with van der Waals surface area (Å²) in [5.74, 6) is 0. The largest absolute Gasteiger partial charge is 0.290 e. The molecule has 1 N–H and O–H groups in total. The van der Waals surface area contributed by atoms with Crippen LogP contribution in [0.4, 0.5) is 0 Å². The molecule has 11 heavy (non-hydrogen) atoms. The van der Waals surface area contributed by atoms with Gasteiger partial charge in [0.05, 0.1) is 0 Å². The average molecular weight is 154 g/mol. The molecule has 0 aliphatic carbocycles. The summed E-state index contributed by atoms with van der Waals surface area (Å²) in [6, 6.07) is 0. The van der Waals surface area contributed by atoms with Gasteiger partial charge in [-0.2, -0.15) is 0 Å². The molecule has 2 nitrogen and oxygen atoms in total. The van der Waals surface area contributed by atoms with Gasteiger partial charge in [-0.15, -0.1) is 0 Å². The molecule has 64 valence electrons. The van der Waals surface area contributed by atoms with Crippen LogP contribution < -0.4 is 0 Å². The third kappa shape index (κ3) is 6.97. The minimum absolute atomic E-state index is 0.910. The molecule has 0 radical (unpaired) electrons. The molecule has 0 saturated heterocycles. The van der Waals surface area contributed by atoms with Crippen LogP contribution in [0.15, 0.2) is 16.6 Å². The Bertz CT molecular complexity index is 155. The maximum Gasteiger partial charge on any atom is 0.107 e. The quantitative estimate of drug-likeness (QED) is 0.469. The SMILES string of the molecule is C/C=C(/C)C(C)=NC=N.CC. The molecule has 0 atom stereocenters. The van der Waals surface area contributed by atoms with Crippen LogP contribution in [-0.2, 0) is 0 Å². The van der Waals surface area contributed by atoms with E-state index in [2.05, 4.69) is 4.99 Å². The summed E-state index contributed by atoms with van der Waals surface area (Å²) in [7, 11) is 0. The van der Waals surface area contributed by atoms with Crippen LogP contribution in [-0.4, -0.2) is 12.1 Å². The van der Waals surface area contributed by atoms with E-state index < -0.39 is 0 Å². The molecule has 0 saturated carbocycles. The van der Waals surface area contributed by atoms with Gasteiger partial charge in [0.25, 0.3) is 0 Å². The highest BCUT2D eigenvalue weighted by Gasteiger charge is 1.88. The molecule has 2 heteroatoms. The number of hydrogen-bond donors (Lipinski definition) is 1. The molecule has 0 amide bonds. The van der Waals surface area contributed by atoms with Gasteiger partial charge in [0.2, 0.25) is 0 Å². The average Bonchev–Trinajstić information content (AvgIpc) is 2.07. The van der Waals surface area contributed by atoms with Crippen LogP contribution in [0, 0.1) is 5.41 Å². The summed E-state index contributed by atoms with van der Waals surface area (Å²) in [6.07, 6.45) is 3.03. The van der Waals surface area contributed by atoms with Gasteiger partial charge in [0, 0.05) is 5.71 Å². The van der Waals surface area contributed by atoms with Gasteiger partial charge < -0.3 is 0 Å². The van der Waals surface area contributed by atoms with Crippen LogP contribution in [0.3, 0.4) is 0 Å². The molecule has 0 aromatic carbocycles. The molecule has 0 heterocycles. The Labute approximate surface area is 69.6 Å². The monoisotopic (exact) mass is 154 g/mol. The first-order valence-electron chi connectivity index (χ1n) is 3.89. The zero-order valence-corrected chi connectivity index (χ0v) is 8.10. The third-order valence-electron chi connectivity index (χ3n) is 1.26. The van der Waals surface area contributed by atoms with E-state index in [1.54, 1.807) is 0 Å². The smallest absolute Gasteiger partial charge is 0.107 e. The number of allylic oxidation sites excluding steroid dienone is 2. The van der Waals surface area contributed by atoms with Crippen molar-refractivity contribution >= 4 is 12.1 Å². The van der Waals surface area contributed by atoms with Crippen molar-refractivity contribution in [3.05, 3.63) is 11.6 Å². The zero-order valence-electron chi connectivity index (χ0n) is 8.10. The molecule has 0 aliphatic heterocycles. The summed E-state index contributed by atoms with van der Waals surface area (Å²) in [5.41, 5.74) is 2.03. The van der Waals surface area contributed by atoms with Gasteiger partial charge in [0.15, 0.2) is 0 Å². The first-order chi connectivity index (χ1) is 5.22. The molecule has 0 spiro atoms. The fourth-order valence-corrected chi connectivity index (χ4v) is 0.408. The van der Waals surface area contributed by atoms with Crippen molar-refractivity contribution in [1.29, 1.82) is 5.41 Å². The molecule has 0 aromatic rings. The Balaban J connectivity index is 0.